The first-order valence-corrected chi connectivity index (χ1v) is 8.93. The highest BCUT2D eigenvalue weighted by Crippen LogP contribution is 2.31. The third-order valence-corrected chi connectivity index (χ3v) is 3.99. The molecule has 2 rings (SSSR count). The van der Waals surface area contributed by atoms with Crippen molar-refractivity contribution in [2.45, 2.75) is 19.7 Å². The molecular formula is C19H19ClF3N3O4. The van der Waals surface area contributed by atoms with Crippen molar-refractivity contribution in [1.82, 2.24) is 5.43 Å². The molecule has 0 aliphatic carbocycles. The zero-order valence-electron chi connectivity index (χ0n) is 15.8. The maximum Gasteiger partial charge on any atom is 0.416 e. The van der Waals surface area contributed by atoms with Crippen molar-refractivity contribution in [3.63, 3.8) is 0 Å². The van der Waals surface area contributed by atoms with Crippen molar-refractivity contribution in [2.24, 2.45) is 11.6 Å². The fourth-order valence-electron chi connectivity index (χ4n) is 2.22. The van der Waals surface area contributed by atoms with Gasteiger partial charge in [-0.05, 0) is 36.8 Å². The molecule has 11 heteroatoms. The summed E-state index contributed by atoms with van der Waals surface area (Å²) in [6.45, 7) is 1.69. The number of ether oxygens (including phenoxy) is 3. The van der Waals surface area contributed by atoms with Crippen molar-refractivity contribution >= 4 is 17.6 Å². The highest BCUT2D eigenvalue weighted by atomic mass is 35.5. The third kappa shape index (κ3) is 6.19. The SMILES string of the molecule is CCOC(=O)/C(NN)=C(/N)Oc1ccc(Cl)c(OCc2ccc(C(F)(F)F)cc2)c1. The summed E-state index contributed by atoms with van der Waals surface area (Å²) in [5.74, 6) is 4.51. The van der Waals surface area contributed by atoms with Crippen molar-refractivity contribution in [2.75, 3.05) is 6.61 Å². The molecule has 0 aromatic heterocycles. The van der Waals surface area contributed by atoms with Crippen LogP contribution in [0.3, 0.4) is 0 Å². The minimum atomic E-state index is -4.41. The van der Waals surface area contributed by atoms with Gasteiger partial charge in [0.15, 0.2) is 5.70 Å². The Kier molecular flexibility index (Phi) is 7.79. The molecule has 0 aliphatic rings. The average molecular weight is 446 g/mol. The molecule has 0 saturated carbocycles. The van der Waals surface area contributed by atoms with Crippen molar-refractivity contribution < 1.29 is 32.2 Å². The molecule has 0 atom stereocenters. The summed E-state index contributed by atoms with van der Waals surface area (Å²) in [6.07, 6.45) is -4.41. The van der Waals surface area contributed by atoms with E-state index in [1.807, 2.05) is 0 Å². The van der Waals surface area contributed by atoms with Gasteiger partial charge in [-0.15, -0.1) is 0 Å². The first kappa shape index (κ1) is 23.2. The van der Waals surface area contributed by atoms with Gasteiger partial charge < -0.3 is 25.4 Å². The largest absolute Gasteiger partial charge is 0.487 e. The molecule has 0 spiro atoms. The molecule has 2 aromatic rings. The molecule has 0 bridgehead atoms. The van der Waals surface area contributed by atoms with Crippen LogP contribution in [0.2, 0.25) is 5.02 Å². The molecule has 0 saturated heterocycles. The van der Waals surface area contributed by atoms with Crippen LogP contribution in [0.1, 0.15) is 18.1 Å². The Morgan fingerprint density at radius 2 is 1.83 bits per heavy atom. The van der Waals surface area contributed by atoms with Gasteiger partial charge in [0.2, 0.25) is 5.88 Å². The van der Waals surface area contributed by atoms with Gasteiger partial charge in [0, 0.05) is 6.07 Å². The maximum atomic E-state index is 12.6. The summed E-state index contributed by atoms with van der Waals surface area (Å²) < 4.78 is 53.6. The first-order valence-electron chi connectivity index (χ1n) is 8.55. The topological polar surface area (TPSA) is 109 Å². The number of hydrazine groups is 1. The smallest absolute Gasteiger partial charge is 0.416 e. The average Bonchev–Trinajstić information content (AvgIpc) is 2.69. The fourth-order valence-corrected chi connectivity index (χ4v) is 2.39. The fraction of sp³-hybridized carbons (Fsp3) is 0.211. The van der Waals surface area contributed by atoms with Crippen LogP contribution in [0.5, 0.6) is 11.5 Å². The summed E-state index contributed by atoms with van der Waals surface area (Å²) in [4.78, 5) is 11.8. The van der Waals surface area contributed by atoms with E-state index in [2.05, 4.69) is 5.43 Å². The summed E-state index contributed by atoms with van der Waals surface area (Å²) in [6, 6.07) is 8.86. The Labute approximate surface area is 175 Å². The summed E-state index contributed by atoms with van der Waals surface area (Å²) >= 11 is 6.09. The number of hydrogen-bond donors (Lipinski definition) is 3. The Bertz CT molecular complexity index is 918. The Morgan fingerprint density at radius 1 is 1.17 bits per heavy atom. The molecule has 0 heterocycles. The van der Waals surface area contributed by atoms with Gasteiger partial charge in [-0.1, -0.05) is 23.7 Å². The van der Waals surface area contributed by atoms with E-state index in [0.29, 0.717) is 5.56 Å². The summed E-state index contributed by atoms with van der Waals surface area (Å²) in [5.41, 5.74) is 7.32. The molecule has 0 aliphatic heterocycles. The van der Waals surface area contributed by atoms with Crippen LogP contribution in [0.15, 0.2) is 54.0 Å². The minimum absolute atomic E-state index is 0.0366. The van der Waals surface area contributed by atoms with Crippen LogP contribution >= 0.6 is 11.6 Å². The van der Waals surface area contributed by atoms with Gasteiger partial charge in [0.1, 0.15) is 18.1 Å². The summed E-state index contributed by atoms with van der Waals surface area (Å²) in [5, 5.41) is 0.236. The van der Waals surface area contributed by atoms with E-state index in [9.17, 15) is 18.0 Å². The first-order chi connectivity index (χ1) is 14.2. The van der Waals surface area contributed by atoms with Crippen LogP contribution in [0.4, 0.5) is 13.2 Å². The standard InChI is InChI=1S/C19H19ClF3N3O4/c1-2-28-18(27)16(26-25)17(24)30-13-7-8-14(20)15(9-13)29-10-11-3-5-12(6-4-11)19(21,22)23/h3-9,26H,2,10,24-25H2,1H3/b17-16+. The van der Waals surface area contributed by atoms with Gasteiger partial charge >= 0.3 is 12.1 Å². The van der Waals surface area contributed by atoms with Crippen molar-refractivity contribution in [3.05, 3.63) is 70.2 Å². The minimum Gasteiger partial charge on any atom is -0.487 e. The quantitative estimate of drug-likeness (QED) is 0.188. The van der Waals surface area contributed by atoms with E-state index in [1.54, 1.807) is 6.92 Å². The molecule has 2 aromatic carbocycles. The highest BCUT2D eigenvalue weighted by molar-refractivity contribution is 6.32. The molecule has 30 heavy (non-hydrogen) atoms. The maximum absolute atomic E-state index is 12.6. The second kappa shape index (κ2) is 10.1. The number of benzene rings is 2. The van der Waals surface area contributed by atoms with Crippen LogP contribution in [0.25, 0.3) is 0 Å². The number of alkyl halides is 3. The number of nitrogens with two attached hydrogens (primary N) is 2. The number of carbonyl (C=O) groups is 1. The highest BCUT2D eigenvalue weighted by Gasteiger charge is 2.29. The monoisotopic (exact) mass is 445 g/mol. The van der Waals surface area contributed by atoms with Gasteiger partial charge in [0.25, 0.3) is 0 Å². The Balaban J connectivity index is 2.12. The lowest BCUT2D eigenvalue weighted by atomic mass is 10.1. The molecule has 7 nitrogen and oxygen atoms in total. The van der Waals surface area contributed by atoms with Crippen LogP contribution in [0, 0.1) is 0 Å². The van der Waals surface area contributed by atoms with Crippen molar-refractivity contribution in [1.29, 1.82) is 0 Å². The van der Waals surface area contributed by atoms with E-state index in [0.717, 1.165) is 12.1 Å². The summed E-state index contributed by atoms with van der Waals surface area (Å²) in [7, 11) is 0. The number of rotatable bonds is 8. The molecule has 0 radical (unpaired) electrons. The van der Waals surface area contributed by atoms with Crippen LogP contribution in [-0.4, -0.2) is 12.6 Å². The lowest BCUT2D eigenvalue weighted by Gasteiger charge is -2.13. The zero-order chi connectivity index (χ0) is 22.3. The second-order valence-corrected chi connectivity index (χ2v) is 6.19. The van der Waals surface area contributed by atoms with Gasteiger partial charge in [-0.25, -0.2) is 4.79 Å². The van der Waals surface area contributed by atoms with Crippen LogP contribution in [-0.2, 0) is 22.3 Å². The predicted molar refractivity (Wildman–Crippen MR) is 103 cm³/mol. The van der Waals surface area contributed by atoms with Crippen molar-refractivity contribution in [3.8, 4) is 11.5 Å². The Hall–Kier alpha value is -3.11. The van der Waals surface area contributed by atoms with E-state index in [-0.39, 0.29) is 41.3 Å². The predicted octanol–water partition coefficient (Wildman–Crippen LogP) is 3.47. The molecule has 162 valence electrons. The number of halogens is 4. The number of carbonyl (C=O) groups excluding carboxylic acids is 1. The molecular weight excluding hydrogens is 427 g/mol. The van der Waals surface area contributed by atoms with Gasteiger partial charge in [0.05, 0.1) is 17.2 Å². The molecule has 0 fully saturated rings. The number of esters is 1. The molecule has 5 N–H and O–H groups in total. The normalized spacial score (nSPS) is 12.1. The lowest BCUT2D eigenvalue weighted by Crippen LogP contribution is -2.32. The molecule has 0 unspecified atom stereocenters. The van der Waals surface area contributed by atoms with E-state index in [4.69, 9.17) is 37.4 Å². The third-order valence-electron chi connectivity index (χ3n) is 3.68. The number of nitrogens with one attached hydrogen (secondary N) is 1. The van der Waals surface area contributed by atoms with Gasteiger partial charge in [-0.3, -0.25) is 5.84 Å². The van der Waals surface area contributed by atoms with Gasteiger partial charge in [-0.2, -0.15) is 13.2 Å². The molecule has 0 amide bonds. The van der Waals surface area contributed by atoms with E-state index < -0.39 is 17.7 Å². The Morgan fingerprint density at radius 3 is 2.40 bits per heavy atom. The second-order valence-electron chi connectivity index (χ2n) is 5.78. The number of hydrogen-bond acceptors (Lipinski definition) is 7. The van der Waals surface area contributed by atoms with E-state index >= 15 is 0 Å². The van der Waals surface area contributed by atoms with E-state index in [1.165, 1.54) is 30.3 Å². The zero-order valence-corrected chi connectivity index (χ0v) is 16.5. The van der Waals surface area contributed by atoms with Crippen LogP contribution < -0.4 is 26.5 Å². The lowest BCUT2D eigenvalue weighted by molar-refractivity contribution is -0.139.